The molecular weight excluding hydrogens is 180 g/mol. The van der Waals surface area contributed by atoms with Gasteiger partial charge in [0.05, 0.1) is 6.61 Å². The van der Waals surface area contributed by atoms with Gasteiger partial charge in [0.25, 0.3) is 5.91 Å². The van der Waals surface area contributed by atoms with Crippen LogP contribution in [0.1, 0.15) is 17.3 Å². The summed E-state index contributed by atoms with van der Waals surface area (Å²) in [6, 6.07) is 4.97. The van der Waals surface area contributed by atoms with Gasteiger partial charge in [-0.2, -0.15) is 0 Å². The van der Waals surface area contributed by atoms with Gasteiger partial charge in [0, 0.05) is 24.4 Å². The minimum absolute atomic E-state index is 0.168. The molecule has 0 fully saturated rings. The van der Waals surface area contributed by atoms with Crippen LogP contribution in [0, 0.1) is 0 Å². The number of carbonyl (C=O) groups is 1. The maximum atomic E-state index is 11.3. The number of anilines is 1. The van der Waals surface area contributed by atoms with Gasteiger partial charge in [-0.1, -0.05) is 0 Å². The lowest BCUT2D eigenvalue weighted by Crippen LogP contribution is -2.18. The van der Waals surface area contributed by atoms with E-state index in [9.17, 15) is 4.79 Å². The molecule has 76 valence electrons. The van der Waals surface area contributed by atoms with Crippen LogP contribution in [0.2, 0.25) is 0 Å². The second-order valence-corrected chi connectivity index (χ2v) is 2.80. The first kappa shape index (κ1) is 10.4. The summed E-state index contributed by atoms with van der Waals surface area (Å²) >= 11 is 0. The normalized spacial score (nSPS) is 9.57. The predicted molar refractivity (Wildman–Crippen MR) is 55.4 cm³/mol. The van der Waals surface area contributed by atoms with E-state index >= 15 is 0 Å². The number of hydrogen-bond donors (Lipinski definition) is 2. The number of rotatable bonds is 3. The van der Waals surface area contributed by atoms with Gasteiger partial charge in [-0.3, -0.25) is 4.79 Å². The summed E-state index contributed by atoms with van der Waals surface area (Å²) in [6.45, 7) is 2.43. The fourth-order valence-electron chi connectivity index (χ4n) is 1.15. The van der Waals surface area contributed by atoms with Gasteiger partial charge >= 0.3 is 0 Å². The monoisotopic (exact) mass is 194 g/mol. The Kier molecular flexibility index (Phi) is 3.34. The summed E-state index contributed by atoms with van der Waals surface area (Å²) in [6.07, 6.45) is 0. The third-order valence-electron chi connectivity index (χ3n) is 1.73. The fourth-order valence-corrected chi connectivity index (χ4v) is 1.15. The van der Waals surface area contributed by atoms with Crippen molar-refractivity contribution in [1.82, 2.24) is 5.32 Å². The molecule has 0 aromatic heterocycles. The Morgan fingerprint density at radius 2 is 2.21 bits per heavy atom. The maximum Gasteiger partial charge on any atom is 0.251 e. The number of hydrogen-bond acceptors (Lipinski definition) is 3. The quantitative estimate of drug-likeness (QED) is 0.706. The summed E-state index contributed by atoms with van der Waals surface area (Å²) in [5.41, 5.74) is 6.66. The molecule has 0 atom stereocenters. The lowest BCUT2D eigenvalue weighted by molar-refractivity contribution is 0.0962. The van der Waals surface area contributed by atoms with Gasteiger partial charge in [-0.25, -0.2) is 0 Å². The van der Waals surface area contributed by atoms with Gasteiger partial charge in [0.1, 0.15) is 5.75 Å². The zero-order valence-electron chi connectivity index (χ0n) is 8.33. The molecule has 0 radical (unpaired) electrons. The first-order chi connectivity index (χ1) is 6.67. The fraction of sp³-hybridized carbons (Fsp3) is 0.300. The van der Waals surface area contributed by atoms with Gasteiger partial charge in [0.2, 0.25) is 0 Å². The van der Waals surface area contributed by atoms with Crippen molar-refractivity contribution in [2.24, 2.45) is 0 Å². The zero-order chi connectivity index (χ0) is 10.6. The highest BCUT2D eigenvalue weighted by molar-refractivity contribution is 5.95. The van der Waals surface area contributed by atoms with E-state index < -0.39 is 0 Å². The Hall–Kier alpha value is -1.71. The van der Waals surface area contributed by atoms with Crippen molar-refractivity contribution in [3.05, 3.63) is 23.8 Å². The van der Waals surface area contributed by atoms with Crippen molar-refractivity contribution in [2.75, 3.05) is 19.4 Å². The third kappa shape index (κ3) is 2.39. The van der Waals surface area contributed by atoms with Crippen molar-refractivity contribution < 1.29 is 9.53 Å². The van der Waals surface area contributed by atoms with Gasteiger partial charge in [-0.05, 0) is 19.1 Å². The lowest BCUT2D eigenvalue weighted by Gasteiger charge is -2.06. The number of nitrogen functional groups attached to an aromatic ring is 1. The van der Waals surface area contributed by atoms with E-state index in [2.05, 4.69) is 5.32 Å². The molecular formula is C10H14N2O2. The van der Waals surface area contributed by atoms with Crippen LogP contribution in [0.3, 0.4) is 0 Å². The molecule has 4 nitrogen and oxygen atoms in total. The summed E-state index contributed by atoms with van der Waals surface area (Å²) in [5, 5.41) is 2.53. The van der Waals surface area contributed by atoms with E-state index in [4.69, 9.17) is 10.5 Å². The van der Waals surface area contributed by atoms with Crippen molar-refractivity contribution in [3.63, 3.8) is 0 Å². The van der Waals surface area contributed by atoms with E-state index in [1.54, 1.807) is 25.2 Å². The zero-order valence-corrected chi connectivity index (χ0v) is 8.33. The second-order valence-electron chi connectivity index (χ2n) is 2.80. The molecule has 0 heterocycles. The molecule has 0 saturated heterocycles. The molecule has 1 amide bonds. The number of nitrogens with two attached hydrogens (primary N) is 1. The van der Waals surface area contributed by atoms with Gasteiger partial charge in [-0.15, -0.1) is 0 Å². The van der Waals surface area contributed by atoms with E-state index in [1.165, 1.54) is 0 Å². The highest BCUT2D eigenvalue weighted by atomic mass is 16.5. The number of carbonyl (C=O) groups excluding carboxylic acids is 1. The van der Waals surface area contributed by atoms with E-state index in [0.717, 1.165) is 0 Å². The highest BCUT2D eigenvalue weighted by Gasteiger charge is 2.05. The molecule has 1 aromatic rings. The molecule has 4 heteroatoms. The SMILES string of the molecule is CCOc1cc(N)cc(C(=O)NC)c1. The van der Waals surface area contributed by atoms with E-state index in [0.29, 0.717) is 23.6 Å². The molecule has 0 aliphatic rings. The molecule has 0 unspecified atom stereocenters. The van der Waals surface area contributed by atoms with Crippen molar-refractivity contribution in [3.8, 4) is 5.75 Å². The smallest absolute Gasteiger partial charge is 0.251 e. The predicted octanol–water partition coefficient (Wildman–Crippen LogP) is 1.03. The van der Waals surface area contributed by atoms with Crippen LogP contribution < -0.4 is 15.8 Å². The van der Waals surface area contributed by atoms with Crippen LogP contribution in [0.15, 0.2) is 18.2 Å². The van der Waals surface area contributed by atoms with Gasteiger partial charge in [0.15, 0.2) is 0 Å². The molecule has 0 aliphatic carbocycles. The molecule has 0 saturated carbocycles. The van der Waals surface area contributed by atoms with Crippen LogP contribution in [-0.2, 0) is 0 Å². The van der Waals surface area contributed by atoms with E-state index in [1.807, 2.05) is 6.92 Å². The van der Waals surface area contributed by atoms with Crippen LogP contribution in [0.25, 0.3) is 0 Å². The summed E-state index contributed by atoms with van der Waals surface area (Å²) in [5.74, 6) is 0.448. The molecule has 1 aromatic carbocycles. The Balaban J connectivity index is 3.00. The largest absolute Gasteiger partial charge is 0.494 e. The van der Waals surface area contributed by atoms with Gasteiger partial charge < -0.3 is 15.8 Å². The minimum Gasteiger partial charge on any atom is -0.494 e. The highest BCUT2D eigenvalue weighted by Crippen LogP contribution is 2.18. The topological polar surface area (TPSA) is 64.3 Å². The molecule has 14 heavy (non-hydrogen) atoms. The molecule has 3 N–H and O–H groups in total. The second kappa shape index (κ2) is 4.50. The Morgan fingerprint density at radius 1 is 1.50 bits per heavy atom. The number of amides is 1. The minimum atomic E-state index is -0.168. The van der Waals surface area contributed by atoms with Crippen molar-refractivity contribution in [2.45, 2.75) is 6.92 Å². The lowest BCUT2D eigenvalue weighted by atomic mass is 10.2. The third-order valence-corrected chi connectivity index (χ3v) is 1.73. The molecule has 0 spiro atoms. The van der Waals surface area contributed by atoms with E-state index in [-0.39, 0.29) is 5.91 Å². The van der Waals surface area contributed by atoms with Crippen LogP contribution in [-0.4, -0.2) is 19.6 Å². The van der Waals surface area contributed by atoms with Crippen molar-refractivity contribution in [1.29, 1.82) is 0 Å². The number of benzene rings is 1. The Labute approximate surface area is 83.1 Å². The standard InChI is InChI=1S/C10H14N2O2/c1-3-14-9-5-7(10(13)12-2)4-8(11)6-9/h4-6H,3,11H2,1-2H3,(H,12,13). The maximum absolute atomic E-state index is 11.3. The molecule has 1 rings (SSSR count). The van der Waals surface area contributed by atoms with Crippen LogP contribution in [0.5, 0.6) is 5.75 Å². The average molecular weight is 194 g/mol. The first-order valence-electron chi connectivity index (χ1n) is 4.42. The first-order valence-corrected chi connectivity index (χ1v) is 4.42. The van der Waals surface area contributed by atoms with Crippen molar-refractivity contribution >= 4 is 11.6 Å². The summed E-state index contributed by atoms with van der Waals surface area (Å²) in [7, 11) is 1.58. The molecule has 0 bridgehead atoms. The summed E-state index contributed by atoms with van der Waals surface area (Å²) < 4.78 is 5.26. The number of nitrogens with one attached hydrogen (secondary N) is 1. The Bertz CT molecular complexity index is 337. The molecule has 0 aliphatic heterocycles. The Morgan fingerprint density at radius 3 is 2.79 bits per heavy atom. The van der Waals surface area contributed by atoms with Crippen LogP contribution in [0.4, 0.5) is 5.69 Å². The number of ether oxygens (including phenoxy) is 1. The summed E-state index contributed by atoms with van der Waals surface area (Å²) in [4.78, 5) is 11.3. The van der Waals surface area contributed by atoms with Crippen LogP contribution >= 0.6 is 0 Å². The average Bonchev–Trinajstić information content (AvgIpc) is 2.16.